The van der Waals surface area contributed by atoms with Gasteiger partial charge in [0, 0.05) is 5.56 Å². The number of aromatic hydroxyl groups is 2. The quantitative estimate of drug-likeness (QED) is 0.629. The molecule has 0 aliphatic carbocycles. The van der Waals surface area contributed by atoms with E-state index in [9.17, 15) is 24.9 Å². The zero-order valence-electron chi connectivity index (χ0n) is 11.9. The van der Waals surface area contributed by atoms with Gasteiger partial charge in [-0.1, -0.05) is 0 Å². The van der Waals surface area contributed by atoms with Gasteiger partial charge in [0.2, 0.25) is 0 Å². The van der Waals surface area contributed by atoms with Crippen LogP contribution in [0, 0.1) is 5.41 Å². The molecule has 1 aromatic rings. The molecule has 0 radical (unpaired) electrons. The van der Waals surface area contributed by atoms with E-state index in [1.165, 1.54) is 26.0 Å². The minimum Gasteiger partial charge on any atom is -0.504 e. The molecular formula is C14H19NO5. The molecule has 0 fully saturated rings. The third kappa shape index (κ3) is 2.84. The van der Waals surface area contributed by atoms with Crippen molar-refractivity contribution in [2.45, 2.75) is 33.2 Å². The number of benzene rings is 1. The monoisotopic (exact) mass is 281 g/mol. The highest BCUT2D eigenvalue weighted by molar-refractivity contribution is 5.95. The molecule has 0 spiro atoms. The summed E-state index contributed by atoms with van der Waals surface area (Å²) < 4.78 is 0. The van der Waals surface area contributed by atoms with Crippen molar-refractivity contribution < 1.29 is 24.9 Å². The van der Waals surface area contributed by atoms with E-state index in [2.05, 4.69) is 5.32 Å². The number of rotatable bonds is 4. The number of nitrogens with one attached hydrogen (secondary N) is 1. The molecule has 6 heteroatoms. The molecule has 110 valence electrons. The van der Waals surface area contributed by atoms with Crippen molar-refractivity contribution in [3.05, 3.63) is 23.8 Å². The maximum atomic E-state index is 12.1. The number of hydrogen-bond acceptors (Lipinski definition) is 4. The second-order valence-corrected chi connectivity index (χ2v) is 5.71. The minimum atomic E-state index is -1.18. The number of hydrogen-bond donors (Lipinski definition) is 4. The molecule has 0 bridgehead atoms. The molecule has 0 saturated carbocycles. The van der Waals surface area contributed by atoms with Crippen molar-refractivity contribution in [3.63, 3.8) is 0 Å². The van der Waals surface area contributed by atoms with Crippen molar-refractivity contribution in [2.24, 2.45) is 5.41 Å². The van der Waals surface area contributed by atoms with E-state index in [0.717, 1.165) is 6.07 Å². The van der Waals surface area contributed by atoms with Crippen LogP contribution in [0.2, 0.25) is 0 Å². The van der Waals surface area contributed by atoms with Gasteiger partial charge in [0.25, 0.3) is 5.91 Å². The Morgan fingerprint density at radius 3 is 2.05 bits per heavy atom. The molecule has 0 unspecified atom stereocenters. The average molecular weight is 281 g/mol. The molecular weight excluding hydrogens is 262 g/mol. The number of amides is 1. The summed E-state index contributed by atoms with van der Waals surface area (Å²) in [5, 5.41) is 30.4. The van der Waals surface area contributed by atoms with Gasteiger partial charge < -0.3 is 20.6 Å². The molecule has 0 aliphatic heterocycles. The van der Waals surface area contributed by atoms with E-state index < -0.39 is 28.6 Å². The van der Waals surface area contributed by atoms with Gasteiger partial charge in [0.15, 0.2) is 11.5 Å². The SMILES string of the molecule is CC(C)(NC(=O)c1ccc(O)c(O)c1)C(C)(C)C(=O)O. The summed E-state index contributed by atoms with van der Waals surface area (Å²) in [5.74, 6) is -2.30. The highest BCUT2D eigenvalue weighted by atomic mass is 16.4. The van der Waals surface area contributed by atoms with E-state index in [1.807, 2.05) is 0 Å². The molecule has 4 N–H and O–H groups in total. The zero-order valence-corrected chi connectivity index (χ0v) is 11.9. The molecule has 1 aromatic carbocycles. The number of carbonyl (C=O) groups is 2. The Hall–Kier alpha value is -2.24. The van der Waals surface area contributed by atoms with E-state index in [4.69, 9.17) is 0 Å². The smallest absolute Gasteiger partial charge is 0.311 e. The van der Waals surface area contributed by atoms with Crippen LogP contribution in [0.3, 0.4) is 0 Å². The Morgan fingerprint density at radius 2 is 1.60 bits per heavy atom. The van der Waals surface area contributed by atoms with E-state index in [-0.39, 0.29) is 11.3 Å². The Kier molecular flexibility index (Phi) is 3.98. The number of aliphatic carboxylic acids is 1. The summed E-state index contributed by atoms with van der Waals surface area (Å²) in [4.78, 5) is 23.4. The van der Waals surface area contributed by atoms with Gasteiger partial charge in [0.1, 0.15) is 0 Å². The molecule has 0 heterocycles. The molecule has 20 heavy (non-hydrogen) atoms. The van der Waals surface area contributed by atoms with Crippen molar-refractivity contribution in [3.8, 4) is 11.5 Å². The standard InChI is InChI=1S/C14H19NO5/c1-13(2,12(19)20)14(3,4)15-11(18)8-5-6-9(16)10(17)7-8/h5-7,16-17H,1-4H3,(H,15,18)(H,19,20). The number of carboxylic acids is 1. The third-order valence-corrected chi connectivity index (χ3v) is 3.76. The highest BCUT2D eigenvalue weighted by Gasteiger charge is 2.44. The van der Waals surface area contributed by atoms with Crippen LogP contribution < -0.4 is 5.32 Å². The Labute approximate surface area is 117 Å². The lowest BCUT2D eigenvalue weighted by Gasteiger charge is -2.38. The van der Waals surface area contributed by atoms with Crippen LogP contribution in [0.25, 0.3) is 0 Å². The van der Waals surface area contributed by atoms with Crippen molar-refractivity contribution in [1.82, 2.24) is 5.32 Å². The summed E-state index contributed by atoms with van der Waals surface area (Å²) in [5.41, 5.74) is -2.06. The maximum Gasteiger partial charge on any atom is 0.311 e. The van der Waals surface area contributed by atoms with Crippen LogP contribution in [-0.2, 0) is 4.79 Å². The summed E-state index contributed by atoms with van der Waals surface area (Å²) in [6, 6.07) is 3.66. The summed E-state index contributed by atoms with van der Waals surface area (Å²) >= 11 is 0. The summed E-state index contributed by atoms with van der Waals surface area (Å²) in [6.07, 6.45) is 0. The Morgan fingerprint density at radius 1 is 1.05 bits per heavy atom. The number of carboxylic acid groups (broad SMARTS) is 1. The van der Waals surface area contributed by atoms with Crippen LogP contribution in [0.5, 0.6) is 11.5 Å². The topological polar surface area (TPSA) is 107 Å². The minimum absolute atomic E-state index is 0.134. The third-order valence-electron chi connectivity index (χ3n) is 3.76. The van der Waals surface area contributed by atoms with Gasteiger partial charge in [-0.3, -0.25) is 9.59 Å². The first-order valence-electron chi connectivity index (χ1n) is 6.07. The predicted molar refractivity (Wildman–Crippen MR) is 72.7 cm³/mol. The molecule has 0 aliphatic rings. The maximum absolute atomic E-state index is 12.1. The van der Waals surface area contributed by atoms with Gasteiger partial charge in [0.05, 0.1) is 11.0 Å². The number of phenolic OH excluding ortho intramolecular Hbond substituents is 2. The van der Waals surface area contributed by atoms with Crippen LogP contribution >= 0.6 is 0 Å². The first kappa shape index (κ1) is 15.8. The normalized spacial score (nSPS) is 12.0. The molecule has 0 atom stereocenters. The lowest BCUT2D eigenvalue weighted by atomic mass is 9.74. The zero-order chi connectivity index (χ0) is 15.7. The molecule has 0 saturated heterocycles. The molecule has 1 amide bonds. The van der Waals surface area contributed by atoms with Gasteiger partial charge >= 0.3 is 5.97 Å². The first-order chi connectivity index (χ1) is 8.99. The fourth-order valence-corrected chi connectivity index (χ4v) is 1.44. The summed E-state index contributed by atoms with van der Waals surface area (Å²) in [7, 11) is 0. The predicted octanol–water partition coefficient (Wildman–Crippen LogP) is 1.72. The van der Waals surface area contributed by atoms with Gasteiger partial charge in [-0.05, 0) is 45.9 Å². The fraction of sp³-hybridized carbons (Fsp3) is 0.429. The largest absolute Gasteiger partial charge is 0.504 e. The second-order valence-electron chi connectivity index (χ2n) is 5.71. The van der Waals surface area contributed by atoms with Crippen molar-refractivity contribution >= 4 is 11.9 Å². The van der Waals surface area contributed by atoms with Gasteiger partial charge in [-0.25, -0.2) is 0 Å². The van der Waals surface area contributed by atoms with E-state index in [1.54, 1.807) is 13.8 Å². The molecule has 6 nitrogen and oxygen atoms in total. The van der Waals surface area contributed by atoms with E-state index >= 15 is 0 Å². The van der Waals surface area contributed by atoms with Gasteiger partial charge in [-0.15, -0.1) is 0 Å². The second kappa shape index (κ2) is 5.03. The van der Waals surface area contributed by atoms with Gasteiger partial charge in [-0.2, -0.15) is 0 Å². The van der Waals surface area contributed by atoms with E-state index in [0.29, 0.717) is 0 Å². The van der Waals surface area contributed by atoms with Crippen molar-refractivity contribution in [1.29, 1.82) is 0 Å². The Bertz CT molecular complexity index is 548. The van der Waals surface area contributed by atoms with Crippen LogP contribution in [0.1, 0.15) is 38.1 Å². The molecule has 0 aromatic heterocycles. The first-order valence-corrected chi connectivity index (χ1v) is 6.07. The lowest BCUT2D eigenvalue weighted by Crippen LogP contribution is -2.56. The van der Waals surface area contributed by atoms with Crippen molar-refractivity contribution in [2.75, 3.05) is 0 Å². The highest BCUT2D eigenvalue weighted by Crippen LogP contribution is 2.31. The van der Waals surface area contributed by atoms with Crippen LogP contribution in [0.15, 0.2) is 18.2 Å². The number of carbonyl (C=O) groups excluding carboxylic acids is 1. The summed E-state index contributed by atoms with van der Waals surface area (Å²) in [6.45, 7) is 6.26. The lowest BCUT2D eigenvalue weighted by molar-refractivity contribution is -0.150. The van der Waals surface area contributed by atoms with Crippen LogP contribution in [-0.4, -0.2) is 32.7 Å². The fourth-order valence-electron chi connectivity index (χ4n) is 1.44. The molecule has 1 rings (SSSR count). The Balaban J connectivity index is 3.00. The average Bonchev–Trinajstić information content (AvgIpc) is 2.31. The number of phenols is 2. The van der Waals surface area contributed by atoms with Crippen LogP contribution in [0.4, 0.5) is 0 Å².